The summed E-state index contributed by atoms with van der Waals surface area (Å²) < 4.78 is 4.94. The summed E-state index contributed by atoms with van der Waals surface area (Å²) in [5.74, 6) is 0.00606. The monoisotopic (exact) mass is 196 g/mol. The SMILES string of the molecule is CCO/C=C/C(=O)c1ccc(C)s1. The van der Waals surface area contributed by atoms with Crippen molar-refractivity contribution in [2.45, 2.75) is 13.8 Å². The number of allylic oxidation sites excluding steroid dienone is 1. The van der Waals surface area contributed by atoms with E-state index in [1.807, 2.05) is 26.0 Å². The molecular weight excluding hydrogens is 184 g/mol. The molecule has 0 unspecified atom stereocenters. The summed E-state index contributed by atoms with van der Waals surface area (Å²) in [4.78, 5) is 13.3. The normalized spacial score (nSPS) is 10.6. The summed E-state index contributed by atoms with van der Waals surface area (Å²) in [7, 11) is 0. The number of hydrogen-bond acceptors (Lipinski definition) is 3. The molecule has 2 nitrogen and oxygen atoms in total. The Bertz CT molecular complexity index is 312. The minimum Gasteiger partial charge on any atom is -0.501 e. The molecule has 0 radical (unpaired) electrons. The van der Waals surface area contributed by atoms with Crippen LogP contribution in [0.25, 0.3) is 0 Å². The number of carbonyl (C=O) groups excluding carboxylic acids is 1. The number of ether oxygens (including phenoxy) is 1. The van der Waals surface area contributed by atoms with Gasteiger partial charge in [-0.2, -0.15) is 0 Å². The highest BCUT2D eigenvalue weighted by Crippen LogP contribution is 2.15. The first-order valence-corrected chi connectivity index (χ1v) is 4.94. The van der Waals surface area contributed by atoms with Crippen LogP contribution in [-0.4, -0.2) is 12.4 Å². The van der Waals surface area contributed by atoms with Gasteiger partial charge >= 0.3 is 0 Å². The Labute approximate surface area is 81.8 Å². The summed E-state index contributed by atoms with van der Waals surface area (Å²) in [6.45, 7) is 4.45. The largest absolute Gasteiger partial charge is 0.501 e. The Morgan fingerprint density at radius 3 is 2.92 bits per heavy atom. The average molecular weight is 196 g/mol. The summed E-state index contributed by atoms with van der Waals surface area (Å²) in [5, 5.41) is 0. The van der Waals surface area contributed by atoms with Crippen LogP contribution >= 0.6 is 11.3 Å². The fraction of sp³-hybridized carbons (Fsp3) is 0.300. The predicted molar refractivity (Wildman–Crippen MR) is 54.2 cm³/mol. The van der Waals surface area contributed by atoms with E-state index in [9.17, 15) is 4.79 Å². The lowest BCUT2D eigenvalue weighted by atomic mass is 10.3. The first-order valence-electron chi connectivity index (χ1n) is 4.13. The molecule has 0 aliphatic carbocycles. The molecule has 0 aromatic carbocycles. The van der Waals surface area contributed by atoms with Gasteiger partial charge in [-0.05, 0) is 26.0 Å². The van der Waals surface area contributed by atoms with Gasteiger partial charge in [0.15, 0.2) is 5.78 Å². The quantitative estimate of drug-likeness (QED) is 0.420. The Hall–Kier alpha value is -1.09. The third-order valence-corrected chi connectivity index (χ3v) is 2.48. The highest BCUT2D eigenvalue weighted by molar-refractivity contribution is 7.14. The van der Waals surface area contributed by atoms with E-state index >= 15 is 0 Å². The van der Waals surface area contributed by atoms with E-state index in [0.717, 1.165) is 9.75 Å². The lowest BCUT2D eigenvalue weighted by Gasteiger charge is -1.91. The van der Waals surface area contributed by atoms with Crippen LogP contribution in [-0.2, 0) is 4.74 Å². The predicted octanol–water partition coefficient (Wildman–Crippen LogP) is 2.79. The fourth-order valence-corrected chi connectivity index (χ4v) is 1.64. The van der Waals surface area contributed by atoms with Crippen LogP contribution in [0.3, 0.4) is 0 Å². The second kappa shape index (κ2) is 4.82. The molecule has 0 bridgehead atoms. The number of aryl methyl sites for hydroxylation is 1. The molecule has 0 amide bonds. The van der Waals surface area contributed by atoms with Crippen LogP contribution in [0.4, 0.5) is 0 Å². The van der Waals surface area contributed by atoms with Gasteiger partial charge in [-0.3, -0.25) is 4.79 Å². The number of rotatable bonds is 4. The van der Waals surface area contributed by atoms with Crippen molar-refractivity contribution >= 4 is 17.1 Å². The molecule has 3 heteroatoms. The summed E-state index contributed by atoms with van der Waals surface area (Å²) in [6.07, 6.45) is 2.90. The molecule has 0 spiro atoms. The zero-order valence-electron chi connectivity index (χ0n) is 7.74. The van der Waals surface area contributed by atoms with E-state index in [-0.39, 0.29) is 5.78 Å². The Kier molecular flexibility index (Phi) is 3.71. The summed E-state index contributed by atoms with van der Waals surface area (Å²) in [5.41, 5.74) is 0. The van der Waals surface area contributed by atoms with E-state index < -0.39 is 0 Å². The van der Waals surface area contributed by atoms with Crippen LogP contribution in [0, 0.1) is 6.92 Å². The summed E-state index contributed by atoms with van der Waals surface area (Å²) >= 11 is 1.50. The lowest BCUT2D eigenvalue weighted by Crippen LogP contribution is -1.89. The van der Waals surface area contributed by atoms with Crippen molar-refractivity contribution in [3.63, 3.8) is 0 Å². The van der Waals surface area contributed by atoms with Crippen LogP contribution < -0.4 is 0 Å². The molecule has 0 N–H and O–H groups in total. The minimum atomic E-state index is 0.00606. The maximum absolute atomic E-state index is 11.4. The topological polar surface area (TPSA) is 26.3 Å². The maximum atomic E-state index is 11.4. The Balaban J connectivity index is 2.58. The Morgan fingerprint density at radius 1 is 1.62 bits per heavy atom. The van der Waals surface area contributed by atoms with E-state index in [2.05, 4.69) is 0 Å². The second-order valence-electron chi connectivity index (χ2n) is 2.53. The standard InChI is InChI=1S/C10H12O2S/c1-3-12-7-6-9(11)10-5-4-8(2)13-10/h4-7H,3H2,1-2H3/b7-6+. The van der Waals surface area contributed by atoms with Gasteiger partial charge in [0.1, 0.15) is 0 Å². The van der Waals surface area contributed by atoms with Crippen LogP contribution in [0.1, 0.15) is 21.5 Å². The van der Waals surface area contributed by atoms with Crippen molar-refractivity contribution in [2.75, 3.05) is 6.61 Å². The van der Waals surface area contributed by atoms with E-state index in [1.165, 1.54) is 23.7 Å². The fourth-order valence-electron chi connectivity index (χ4n) is 0.855. The van der Waals surface area contributed by atoms with Crippen LogP contribution in [0.2, 0.25) is 0 Å². The number of thiophene rings is 1. The third-order valence-electron chi connectivity index (χ3n) is 1.47. The zero-order valence-corrected chi connectivity index (χ0v) is 8.56. The molecule has 70 valence electrons. The van der Waals surface area contributed by atoms with Crippen molar-refractivity contribution in [3.8, 4) is 0 Å². The molecule has 0 saturated heterocycles. The lowest BCUT2D eigenvalue weighted by molar-refractivity contribution is 0.104. The van der Waals surface area contributed by atoms with Crippen molar-refractivity contribution < 1.29 is 9.53 Å². The van der Waals surface area contributed by atoms with Crippen molar-refractivity contribution in [1.29, 1.82) is 0 Å². The van der Waals surface area contributed by atoms with Crippen LogP contribution in [0.5, 0.6) is 0 Å². The van der Waals surface area contributed by atoms with Gasteiger partial charge in [-0.15, -0.1) is 11.3 Å². The molecule has 0 saturated carbocycles. The first-order chi connectivity index (χ1) is 6.24. The average Bonchev–Trinajstić information content (AvgIpc) is 2.52. The second-order valence-corrected chi connectivity index (χ2v) is 3.82. The smallest absolute Gasteiger partial charge is 0.198 e. The van der Waals surface area contributed by atoms with E-state index in [4.69, 9.17) is 4.74 Å². The van der Waals surface area contributed by atoms with Gasteiger partial charge in [-0.25, -0.2) is 0 Å². The molecule has 1 rings (SSSR count). The molecule has 0 fully saturated rings. The first kappa shape index (κ1) is 9.99. The number of hydrogen-bond donors (Lipinski definition) is 0. The molecule has 0 aliphatic heterocycles. The molecule has 0 atom stereocenters. The minimum absolute atomic E-state index is 0.00606. The van der Waals surface area contributed by atoms with Crippen molar-refractivity contribution in [1.82, 2.24) is 0 Å². The highest BCUT2D eigenvalue weighted by Gasteiger charge is 2.03. The van der Waals surface area contributed by atoms with Gasteiger partial charge in [-0.1, -0.05) is 0 Å². The molecule has 13 heavy (non-hydrogen) atoms. The van der Waals surface area contributed by atoms with E-state index in [0.29, 0.717) is 6.61 Å². The zero-order chi connectivity index (χ0) is 9.68. The van der Waals surface area contributed by atoms with Crippen LogP contribution in [0.15, 0.2) is 24.5 Å². The van der Waals surface area contributed by atoms with Crippen molar-refractivity contribution in [3.05, 3.63) is 34.2 Å². The molecule has 1 aromatic rings. The van der Waals surface area contributed by atoms with E-state index in [1.54, 1.807) is 0 Å². The van der Waals surface area contributed by atoms with Gasteiger partial charge in [0.05, 0.1) is 17.7 Å². The maximum Gasteiger partial charge on any atom is 0.198 e. The van der Waals surface area contributed by atoms with Gasteiger partial charge in [0.2, 0.25) is 0 Å². The third kappa shape index (κ3) is 3.03. The number of ketones is 1. The molecule has 1 aromatic heterocycles. The van der Waals surface area contributed by atoms with Gasteiger partial charge < -0.3 is 4.74 Å². The summed E-state index contributed by atoms with van der Waals surface area (Å²) in [6, 6.07) is 3.77. The van der Waals surface area contributed by atoms with Gasteiger partial charge in [0.25, 0.3) is 0 Å². The number of carbonyl (C=O) groups is 1. The molecule has 0 aliphatic rings. The molecular formula is C10H12O2S. The van der Waals surface area contributed by atoms with Crippen molar-refractivity contribution in [2.24, 2.45) is 0 Å². The molecule has 1 heterocycles. The Morgan fingerprint density at radius 2 is 2.38 bits per heavy atom. The van der Waals surface area contributed by atoms with Gasteiger partial charge in [0, 0.05) is 11.0 Å². The highest BCUT2D eigenvalue weighted by atomic mass is 32.1.